The van der Waals surface area contributed by atoms with Crippen LogP contribution in [0.3, 0.4) is 0 Å². The monoisotopic (exact) mass is 483 g/mol. The first-order valence-electron chi connectivity index (χ1n) is 11.7. The maximum atomic E-state index is 6.22. The van der Waals surface area contributed by atoms with Gasteiger partial charge in [0.2, 0.25) is 5.89 Å². The normalized spacial score (nSPS) is 12.8. The Morgan fingerprint density at radius 1 is 0.639 bits per heavy atom. The molecule has 0 saturated carbocycles. The number of hydrogen-bond donors (Lipinski definition) is 0. The minimum absolute atomic E-state index is 0.483. The number of pyridine rings is 1. The van der Waals surface area contributed by atoms with Crippen LogP contribution in [-0.4, -0.2) is 9.97 Å². The molecule has 4 aromatic carbocycles. The molecule has 0 saturated heterocycles. The van der Waals surface area contributed by atoms with E-state index in [2.05, 4.69) is 64.5 Å². The van der Waals surface area contributed by atoms with Crippen molar-refractivity contribution in [2.45, 2.75) is 9.79 Å². The second-order valence-corrected chi connectivity index (χ2v) is 9.79. The Kier molecular flexibility index (Phi) is 4.09. The van der Waals surface area contributed by atoms with E-state index in [0.717, 1.165) is 44.5 Å². The number of hydrogen-bond acceptors (Lipinski definition) is 6. The highest BCUT2D eigenvalue weighted by atomic mass is 32.2. The van der Waals surface area contributed by atoms with Gasteiger partial charge in [-0.3, -0.25) is 4.98 Å². The minimum atomic E-state index is 0.483. The third-order valence-corrected chi connectivity index (χ3v) is 7.67. The fraction of sp³-hybridized carbons (Fsp3) is 0. The first-order valence-corrected chi connectivity index (χ1v) is 12.5. The number of oxazole rings is 1. The topological polar surface area (TPSA) is 55.3 Å². The van der Waals surface area contributed by atoms with Crippen LogP contribution in [0.4, 0.5) is 17.1 Å². The lowest BCUT2D eigenvalue weighted by Crippen LogP contribution is -2.14. The van der Waals surface area contributed by atoms with Crippen LogP contribution in [0.1, 0.15) is 0 Å². The van der Waals surface area contributed by atoms with Crippen molar-refractivity contribution < 1.29 is 8.83 Å². The molecule has 1 aliphatic heterocycles. The van der Waals surface area contributed by atoms with Gasteiger partial charge in [-0.25, -0.2) is 4.98 Å². The second kappa shape index (κ2) is 7.47. The van der Waals surface area contributed by atoms with Gasteiger partial charge in [-0.15, -0.1) is 0 Å². The van der Waals surface area contributed by atoms with E-state index in [-0.39, 0.29) is 0 Å². The smallest absolute Gasteiger partial charge is 0.246 e. The molecule has 7 aromatic rings. The molecule has 0 spiro atoms. The second-order valence-electron chi connectivity index (χ2n) is 8.71. The van der Waals surface area contributed by atoms with Gasteiger partial charge in [0, 0.05) is 32.8 Å². The molecule has 170 valence electrons. The highest BCUT2D eigenvalue weighted by molar-refractivity contribution is 7.99. The summed E-state index contributed by atoms with van der Waals surface area (Å²) >= 11 is 1.79. The molecule has 8 rings (SSSR count). The van der Waals surface area contributed by atoms with Gasteiger partial charge in [-0.05, 0) is 48.5 Å². The molecule has 5 nitrogen and oxygen atoms in total. The van der Waals surface area contributed by atoms with Gasteiger partial charge in [0.05, 0.1) is 17.1 Å². The van der Waals surface area contributed by atoms with Crippen molar-refractivity contribution in [3.63, 3.8) is 0 Å². The van der Waals surface area contributed by atoms with Gasteiger partial charge in [0.15, 0.2) is 5.58 Å². The van der Waals surface area contributed by atoms with Crippen molar-refractivity contribution in [1.29, 1.82) is 0 Å². The molecule has 0 N–H and O–H groups in total. The largest absolute Gasteiger partial charge is 0.456 e. The number of aromatic nitrogens is 2. The number of nitrogens with zero attached hydrogens (tertiary/aromatic N) is 3. The van der Waals surface area contributed by atoms with Crippen LogP contribution in [0.5, 0.6) is 0 Å². The number of fused-ring (bicyclic) bond motifs is 6. The van der Waals surface area contributed by atoms with Gasteiger partial charge < -0.3 is 13.7 Å². The molecule has 4 heterocycles. The van der Waals surface area contributed by atoms with Crippen molar-refractivity contribution >= 4 is 61.9 Å². The summed E-state index contributed by atoms with van der Waals surface area (Å²) in [7, 11) is 0. The quantitative estimate of drug-likeness (QED) is 0.245. The Bertz CT molecular complexity index is 1910. The van der Waals surface area contributed by atoms with Crippen molar-refractivity contribution in [1.82, 2.24) is 9.97 Å². The molecule has 6 heteroatoms. The molecule has 0 aliphatic carbocycles. The Labute approximate surface area is 210 Å². The van der Waals surface area contributed by atoms with Crippen molar-refractivity contribution in [2.75, 3.05) is 4.90 Å². The molecule has 0 unspecified atom stereocenters. The number of benzene rings is 4. The molecule has 0 atom stereocenters. The Balaban J connectivity index is 1.27. The molecule has 1 aliphatic rings. The lowest BCUT2D eigenvalue weighted by Gasteiger charge is -2.32. The van der Waals surface area contributed by atoms with Gasteiger partial charge in [-0.2, -0.15) is 0 Å². The zero-order valence-electron chi connectivity index (χ0n) is 18.9. The Morgan fingerprint density at radius 3 is 2.22 bits per heavy atom. The lowest BCUT2D eigenvalue weighted by atomic mass is 10.1. The Hall–Kier alpha value is -4.55. The van der Waals surface area contributed by atoms with Crippen LogP contribution >= 0.6 is 11.8 Å². The van der Waals surface area contributed by atoms with E-state index in [9.17, 15) is 0 Å². The van der Waals surface area contributed by atoms with Crippen LogP contribution in [0, 0.1) is 0 Å². The maximum Gasteiger partial charge on any atom is 0.246 e. The van der Waals surface area contributed by atoms with Gasteiger partial charge in [0.1, 0.15) is 22.4 Å². The maximum absolute atomic E-state index is 6.22. The van der Waals surface area contributed by atoms with Gasteiger partial charge in [-0.1, -0.05) is 54.2 Å². The first-order chi connectivity index (χ1) is 17.8. The highest BCUT2D eigenvalue weighted by Gasteiger charge is 2.25. The summed E-state index contributed by atoms with van der Waals surface area (Å²) in [5.74, 6) is 0.483. The van der Waals surface area contributed by atoms with Crippen LogP contribution < -0.4 is 4.90 Å². The third kappa shape index (κ3) is 2.91. The summed E-state index contributed by atoms with van der Waals surface area (Å²) < 4.78 is 12.3. The van der Waals surface area contributed by atoms with E-state index in [4.69, 9.17) is 13.8 Å². The van der Waals surface area contributed by atoms with Crippen LogP contribution in [-0.2, 0) is 0 Å². The van der Waals surface area contributed by atoms with E-state index in [1.165, 1.54) is 9.79 Å². The zero-order chi connectivity index (χ0) is 23.6. The molecular weight excluding hydrogens is 466 g/mol. The van der Waals surface area contributed by atoms with E-state index in [0.29, 0.717) is 17.2 Å². The van der Waals surface area contributed by atoms with Crippen LogP contribution in [0.2, 0.25) is 0 Å². The fourth-order valence-electron chi connectivity index (χ4n) is 4.91. The third-order valence-electron chi connectivity index (χ3n) is 6.54. The Morgan fingerprint density at radius 2 is 1.39 bits per heavy atom. The highest BCUT2D eigenvalue weighted by Crippen LogP contribution is 2.51. The molecule has 0 amide bonds. The number of para-hydroxylation sites is 3. The summed E-state index contributed by atoms with van der Waals surface area (Å²) in [6, 6.07) is 32.9. The molecule has 0 fully saturated rings. The van der Waals surface area contributed by atoms with E-state index < -0.39 is 0 Å². The number of furan rings is 1. The van der Waals surface area contributed by atoms with Gasteiger partial charge >= 0.3 is 0 Å². The molecular formula is C30H17N3O2S. The first kappa shape index (κ1) is 19.7. The summed E-state index contributed by atoms with van der Waals surface area (Å²) in [4.78, 5) is 14.1. The van der Waals surface area contributed by atoms with Crippen molar-refractivity contribution in [2.24, 2.45) is 0 Å². The predicted octanol–water partition coefficient (Wildman–Crippen LogP) is 8.72. The molecule has 0 radical (unpaired) electrons. The van der Waals surface area contributed by atoms with Crippen molar-refractivity contribution in [3.05, 3.63) is 103 Å². The summed E-state index contributed by atoms with van der Waals surface area (Å²) in [5.41, 5.74) is 7.07. The standard InChI is InChI=1S/C30H17N3O2S/c1-4-10-25-19(7-1)20-16-27-21(17-26(20)34-25)32-30(35-27)22-15-18(13-14-31-22)33-23-8-2-5-11-28(23)36-29-12-6-3-9-24(29)33/h1-17H. The molecule has 3 aromatic heterocycles. The van der Waals surface area contributed by atoms with E-state index in [1.54, 1.807) is 11.8 Å². The van der Waals surface area contributed by atoms with E-state index in [1.807, 2.05) is 48.7 Å². The number of anilines is 3. The lowest BCUT2D eigenvalue weighted by molar-refractivity contribution is 0.617. The minimum Gasteiger partial charge on any atom is -0.456 e. The van der Waals surface area contributed by atoms with Crippen LogP contribution in [0.15, 0.2) is 122 Å². The average Bonchev–Trinajstić information content (AvgIpc) is 3.51. The summed E-state index contributed by atoms with van der Waals surface area (Å²) in [5, 5.41) is 2.08. The predicted molar refractivity (Wildman–Crippen MR) is 143 cm³/mol. The SMILES string of the molecule is c1ccc2c(c1)Sc1ccccc1N2c1ccnc(-c2nc3cc4oc5ccccc5c4cc3o2)c1. The number of rotatable bonds is 2. The fourth-order valence-corrected chi connectivity index (χ4v) is 5.97. The van der Waals surface area contributed by atoms with E-state index >= 15 is 0 Å². The van der Waals surface area contributed by atoms with Gasteiger partial charge in [0.25, 0.3) is 0 Å². The molecule has 36 heavy (non-hydrogen) atoms. The zero-order valence-corrected chi connectivity index (χ0v) is 19.7. The molecule has 0 bridgehead atoms. The van der Waals surface area contributed by atoms with Crippen molar-refractivity contribution in [3.8, 4) is 11.6 Å². The van der Waals surface area contributed by atoms with Crippen LogP contribution in [0.25, 0.3) is 44.6 Å². The average molecular weight is 484 g/mol. The summed E-state index contributed by atoms with van der Waals surface area (Å²) in [6.45, 7) is 0. The summed E-state index contributed by atoms with van der Waals surface area (Å²) in [6.07, 6.45) is 1.81.